The van der Waals surface area contributed by atoms with Gasteiger partial charge < -0.3 is 0 Å². The van der Waals surface area contributed by atoms with E-state index < -0.39 is 0 Å². The molecule has 0 aliphatic carbocycles. The Balaban J connectivity index is 2.32. The lowest BCUT2D eigenvalue weighted by Gasteiger charge is -2.04. The molecule has 0 saturated carbocycles. The Morgan fingerprint density at radius 2 is 1.78 bits per heavy atom. The van der Waals surface area contributed by atoms with Crippen LogP contribution in [0.25, 0.3) is 0 Å². The summed E-state index contributed by atoms with van der Waals surface area (Å²) >= 11 is 0. The molecule has 18 heavy (non-hydrogen) atoms. The lowest BCUT2D eigenvalue weighted by atomic mass is 10.0. The zero-order valence-corrected chi connectivity index (χ0v) is 11.5. The Kier molecular flexibility index (Phi) is 6.63. The molecule has 0 fully saturated rings. The van der Waals surface area contributed by atoms with Gasteiger partial charge in [-0.2, -0.15) is 0 Å². The predicted molar refractivity (Wildman–Crippen MR) is 73.5 cm³/mol. The van der Waals surface area contributed by atoms with E-state index in [1.807, 2.05) is 6.92 Å². The molecule has 1 aromatic carbocycles. The van der Waals surface area contributed by atoms with Crippen molar-refractivity contribution in [3.63, 3.8) is 0 Å². The van der Waals surface area contributed by atoms with Crippen LogP contribution in [0.1, 0.15) is 67.8 Å². The van der Waals surface area contributed by atoms with E-state index in [9.17, 15) is 9.18 Å². The largest absolute Gasteiger partial charge is 0.294 e. The number of carbonyl (C=O) groups is 1. The van der Waals surface area contributed by atoms with Crippen LogP contribution in [0.15, 0.2) is 18.2 Å². The molecule has 0 N–H and O–H groups in total. The quantitative estimate of drug-likeness (QED) is 0.465. The molecular weight excluding hydrogens is 227 g/mol. The van der Waals surface area contributed by atoms with Gasteiger partial charge in [-0.1, -0.05) is 45.1 Å². The first-order valence-electron chi connectivity index (χ1n) is 6.94. The van der Waals surface area contributed by atoms with Crippen molar-refractivity contribution < 1.29 is 9.18 Å². The molecule has 1 aromatic rings. The molecule has 0 amide bonds. The van der Waals surface area contributed by atoms with Gasteiger partial charge in [0, 0.05) is 6.42 Å². The summed E-state index contributed by atoms with van der Waals surface area (Å²) < 4.78 is 13.6. The fraction of sp³-hybridized carbons (Fsp3) is 0.562. The smallest absolute Gasteiger partial charge is 0.165 e. The van der Waals surface area contributed by atoms with Crippen LogP contribution in [-0.2, 0) is 0 Å². The van der Waals surface area contributed by atoms with E-state index in [2.05, 4.69) is 6.92 Å². The SMILES string of the molecule is CCCCCCCCC(=O)c1ccc(C)cc1F. The molecule has 0 heterocycles. The maximum absolute atomic E-state index is 13.6. The summed E-state index contributed by atoms with van der Waals surface area (Å²) in [5.41, 5.74) is 1.10. The molecule has 0 unspecified atom stereocenters. The molecule has 2 heteroatoms. The summed E-state index contributed by atoms with van der Waals surface area (Å²) in [6, 6.07) is 4.82. The van der Waals surface area contributed by atoms with Gasteiger partial charge in [-0.05, 0) is 31.0 Å². The molecule has 1 nitrogen and oxygen atoms in total. The van der Waals surface area contributed by atoms with Crippen LogP contribution in [-0.4, -0.2) is 5.78 Å². The fourth-order valence-corrected chi connectivity index (χ4v) is 2.05. The highest BCUT2D eigenvalue weighted by atomic mass is 19.1. The van der Waals surface area contributed by atoms with Gasteiger partial charge in [0.2, 0.25) is 0 Å². The highest BCUT2D eigenvalue weighted by Crippen LogP contribution is 2.14. The third kappa shape index (κ3) is 4.99. The van der Waals surface area contributed by atoms with Crippen molar-refractivity contribution in [3.05, 3.63) is 35.1 Å². The molecule has 0 bridgehead atoms. The van der Waals surface area contributed by atoms with E-state index in [1.54, 1.807) is 12.1 Å². The lowest BCUT2D eigenvalue weighted by molar-refractivity contribution is 0.0975. The number of Topliss-reactive ketones (excluding diaryl/α,β-unsaturated/α-hetero) is 1. The van der Waals surface area contributed by atoms with Gasteiger partial charge in [-0.25, -0.2) is 4.39 Å². The number of unbranched alkanes of at least 4 members (excludes halogenated alkanes) is 5. The van der Waals surface area contributed by atoms with Crippen molar-refractivity contribution in [1.29, 1.82) is 0 Å². The van der Waals surface area contributed by atoms with Crippen molar-refractivity contribution in [2.75, 3.05) is 0 Å². The first-order valence-corrected chi connectivity index (χ1v) is 6.94. The van der Waals surface area contributed by atoms with Crippen molar-refractivity contribution in [3.8, 4) is 0 Å². The zero-order chi connectivity index (χ0) is 13.4. The van der Waals surface area contributed by atoms with Crippen LogP contribution in [0.3, 0.4) is 0 Å². The molecule has 1 rings (SSSR count). The first kappa shape index (κ1) is 14.9. The minimum absolute atomic E-state index is 0.0667. The number of aryl methyl sites for hydroxylation is 1. The van der Waals surface area contributed by atoms with Gasteiger partial charge in [0.05, 0.1) is 5.56 Å². The van der Waals surface area contributed by atoms with Gasteiger partial charge in [-0.3, -0.25) is 4.79 Å². The van der Waals surface area contributed by atoms with Crippen molar-refractivity contribution in [2.45, 2.75) is 58.8 Å². The molecule has 0 aromatic heterocycles. The average Bonchev–Trinajstić information content (AvgIpc) is 2.33. The minimum Gasteiger partial charge on any atom is -0.294 e. The molecule has 100 valence electrons. The number of carbonyl (C=O) groups excluding carboxylic acids is 1. The first-order chi connectivity index (χ1) is 8.65. The number of rotatable bonds is 8. The van der Waals surface area contributed by atoms with Crippen LogP contribution < -0.4 is 0 Å². The summed E-state index contributed by atoms with van der Waals surface area (Å²) in [4.78, 5) is 11.8. The summed E-state index contributed by atoms with van der Waals surface area (Å²) in [7, 11) is 0. The van der Waals surface area contributed by atoms with E-state index in [4.69, 9.17) is 0 Å². The van der Waals surface area contributed by atoms with Gasteiger partial charge in [0.15, 0.2) is 5.78 Å². The Hall–Kier alpha value is -1.18. The predicted octanol–water partition coefficient (Wildman–Crippen LogP) is 5.07. The fourth-order valence-electron chi connectivity index (χ4n) is 2.05. The van der Waals surface area contributed by atoms with Crippen molar-refractivity contribution >= 4 is 5.78 Å². The molecule has 0 aliphatic heterocycles. The topological polar surface area (TPSA) is 17.1 Å². The van der Waals surface area contributed by atoms with Gasteiger partial charge in [0.1, 0.15) is 5.82 Å². The second-order valence-electron chi connectivity index (χ2n) is 4.92. The summed E-state index contributed by atoms with van der Waals surface area (Å²) in [6.07, 6.45) is 7.32. The van der Waals surface area contributed by atoms with Gasteiger partial charge in [-0.15, -0.1) is 0 Å². The molecule has 0 spiro atoms. The van der Waals surface area contributed by atoms with Crippen LogP contribution in [0.5, 0.6) is 0 Å². The van der Waals surface area contributed by atoms with E-state index >= 15 is 0 Å². The number of benzene rings is 1. The van der Waals surface area contributed by atoms with E-state index in [-0.39, 0.29) is 17.2 Å². The summed E-state index contributed by atoms with van der Waals surface area (Å²) in [5.74, 6) is -0.450. The maximum Gasteiger partial charge on any atom is 0.165 e. The van der Waals surface area contributed by atoms with E-state index in [0.29, 0.717) is 6.42 Å². The Labute approximate surface area is 109 Å². The molecule has 0 radical (unpaired) electrons. The zero-order valence-electron chi connectivity index (χ0n) is 11.5. The average molecular weight is 250 g/mol. The second kappa shape index (κ2) is 8.02. The van der Waals surface area contributed by atoms with Crippen LogP contribution in [0.4, 0.5) is 4.39 Å². The summed E-state index contributed by atoms with van der Waals surface area (Å²) in [5, 5.41) is 0. The molecule has 0 atom stereocenters. The molecule has 0 aliphatic rings. The van der Waals surface area contributed by atoms with Gasteiger partial charge in [0.25, 0.3) is 0 Å². The Bertz CT molecular complexity index is 385. The Morgan fingerprint density at radius 3 is 2.44 bits per heavy atom. The molecular formula is C16H23FO. The number of hydrogen-bond acceptors (Lipinski definition) is 1. The molecule has 0 saturated heterocycles. The normalized spacial score (nSPS) is 10.6. The maximum atomic E-state index is 13.6. The van der Waals surface area contributed by atoms with Gasteiger partial charge >= 0.3 is 0 Å². The van der Waals surface area contributed by atoms with E-state index in [0.717, 1.165) is 18.4 Å². The lowest BCUT2D eigenvalue weighted by Crippen LogP contribution is -2.02. The minimum atomic E-state index is -0.383. The van der Waals surface area contributed by atoms with Crippen LogP contribution in [0.2, 0.25) is 0 Å². The number of hydrogen-bond donors (Lipinski definition) is 0. The third-order valence-corrected chi connectivity index (χ3v) is 3.18. The van der Waals surface area contributed by atoms with Crippen molar-refractivity contribution in [2.24, 2.45) is 0 Å². The van der Waals surface area contributed by atoms with E-state index in [1.165, 1.54) is 31.7 Å². The summed E-state index contributed by atoms with van der Waals surface area (Å²) in [6.45, 7) is 4.01. The van der Waals surface area contributed by atoms with Crippen LogP contribution in [0, 0.1) is 12.7 Å². The highest BCUT2D eigenvalue weighted by Gasteiger charge is 2.10. The van der Waals surface area contributed by atoms with Crippen molar-refractivity contribution in [1.82, 2.24) is 0 Å². The highest BCUT2D eigenvalue weighted by molar-refractivity contribution is 5.96. The second-order valence-corrected chi connectivity index (χ2v) is 4.92. The third-order valence-electron chi connectivity index (χ3n) is 3.18. The standard InChI is InChI=1S/C16H23FO/c1-3-4-5-6-7-8-9-16(18)14-11-10-13(2)12-15(14)17/h10-12H,3-9H2,1-2H3. The monoisotopic (exact) mass is 250 g/mol. The van der Waals surface area contributed by atoms with Crippen LogP contribution >= 0.6 is 0 Å². The number of halogens is 1. The number of ketones is 1. The Morgan fingerprint density at radius 1 is 1.11 bits per heavy atom.